The average Bonchev–Trinajstić information content (AvgIpc) is 2.03. The number of nitrogen functional groups attached to an aromatic ring is 1. The van der Waals surface area contributed by atoms with E-state index in [1.54, 1.807) is 7.11 Å². The van der Waals surface area contributed by atoms with Crippen LogP contribution in [0.1, 0.15) is 11.1 Å². The number of benzene rings is 1. The Morgan fingerprint density at radius 2 is 2.17 bits per heavy atom. The van der Waals surface area contributed by atoms with Gasteiger partial charge in [0.2, 0.25) is 0 Å². The van der Waals surface area contributed by atoms with Crippen LogP contribution in [0.5, 0.6) is 5.75 Å². The molecule has 0 amide bonds. The largest absolute Gasteiger partial charge is 0.494 e. The van der Waals surface area contributed by atoms with Crippen LogP contribution in [0, 0.1) is 6.92 Å². The minimum Gasteiger partial charge on any atom is -0.494 e. The van der Waals surface area contributed by atoms with Crippen molar-refractivity contribution in [2.45, 2.75) is 13.5 Å². The van der Waals surface area contributed by atoms with Crippen LogP contribution in [-0.4, -0.2) is 12.2 Å². The van der Waals surface area contributed by atoms with Crippen molar-refractivity contribution in [3.63, 3.8) is 0 Å². The molecule has 0 aliphatic rings. The van der Waals surface area contributed by atoms with Gasteiger partial charge in [-0.1, -0.05) is 0 Å². The second-order valence-electron chi connectivity index (χ2n) is 2.70. The molecule has 12 heavy (non-hydrogen) atoms. The van der Waals surface area contributed by atoms with Crippen LogP contribution in [0.4, 0.5) is 5.69 Å². The number of hydrogen-bond donors (Lipinski definition) is 2. The van der Waals surface area contributed by atoms with Gasteiger partial charge in [0.05, 0.1) is 19.4 Å². The van der Waals surface area contributed by atoms with Gasteiger partial charge in [0, 0.05) is 5.56 Å². The summed E-state index contributed by atoms with van der Waals surface area (Å²) < 4.78 is 5.04. The molecule has 0 spiro atoms. The highest BCUT2D eigenvalue weighted by atomic mass is 16.5. The highest BCUT2D eigenvalue weighted by Crippen LogP contribution is 2.27. The van der Waals surface area contributed by atoms with Crippen LogP contribution in [0.15, 0.2) is 12.1 Å². The maximum absolute atomic E-state index is 8.96. The van der Waals surface area contributed by atoms with Gasteiger partial charge < -0.3 is 15.6 Å². The van der Waals surface area contributed by atoms with Crippen LogP contribution in [0.25, 0.3) is 0 Å². The fourth-order valence-electron chi connectivity index (χ4n) is 1.24. The highest BCUT2D eigenvalue weighted by Gasteiger charge is 2.06. The van der Waals surface area contributed by atoms with Crippen molar-refractivity contribution in [1.29, 1.82) is 0 Å². The van der Waals surface area contributed by atoms with Crippen molar-refractivity contribution in [2.24, 2.45) is 0 Å². The van der Waals surface area contributed by atoms with Gasteiger partial charge in [-0.05, 0) is 24.6 Å². The van der Waals surface area contributed by atoms with E-state index in [1.165, 1.54) is 0 Å². The number of nitrogens with two attached hydrogens (primary N) is 1. The van der Waals surface area contributed by atoms with Crippen LogP contribution >= 0.6 is 0 Å². The van der Waals surface area contributed by atoms with Gasteiger partial charge in [-0.15, -0.1) is 0 Å². The third kappa shape index (κ3) is 1.51. The van der Waals surface area contributed by atoms with Gasteiger partial charge in [-0.25, -0.2) is 0 Å². The number of hydrogen-bond acceptors (Lipinski definition) is 3. The Morgan fingerprint density at radius 1 is 1.50 bits per heavy atom. The fraction of sp³-hybridized carbons (Fsp3) is 0.333. The zero-order valence-electron chi connectivity index (χ0n) is 7.29. The summed E-state index contributed by atoms with van der Waals surface area (Å²) >= 11 is 0. The zero-order chi connectivity index (χ0) is 9.14. The van der Waals surface area contributed by atoms with E-state index < -0.39 is 0 Å². The topological polar surface area (TPSA) is 55.5 Å². The number of aryl methyl sites for hydroxylation is 1. The Hall–Kier alpha value is -1.22. The SMILES string of the molecule is COc1c(N)cc(C)cc1CO. The van der Waals surface area contributed by atoms with Gasteiger partial charge in [0.25, 0.3) is 0 Å². The van der Waals surface area contributed by atoms with Gasteiger partial charge in [-0.3, -0.25) is 0 Å². The van der Waals surface area contributed by atoms with Crippen LogP contribution < -0.4 is 10.5 Å². The lowest BCUT2D eigenvalue weighted by atomic mass is 10.1. The monoisotopic (exact) mass is 167 g/mol. The minimum atomic E-state index is -0.0466. The highest BCUT2D eigenvalue weighted by molar-refractivity contribution is 5.58. The summed E-state index contributed by atoms with van der Waals surface area (Å²) in [5, 5.41) is 8.96. The van der Waals surface area contributed by atoms with Gasteiger partial charge in [0.15, 0.2) is 0 Å². The van der Waals surface area contributed by atoms with Crippen molar-refractivity contribution in [1.82, 2.24) is 0 Å². The molecule has 0 aliphatic carbocycles. The summed E-state index contributed by atoms with van der Waals surface area (Å²) in [6, 6.07) is 3.67. The Labute approximate surface area is 71.8 Å². The van der Waals surface area contributed by atoms with Crippen molar-refractivity contribution in [3.8, 4) is 5.75 Å². The average molecular weight is 167 g/mol. The van der Waals surface area contributed by atoms with E-state index in [4.69, 9.17) is 15.6 Å². The molecule has 0 heterocycles. The maximum Gasteiger partial charge on any atom is 0.147 e. The van der Waals surface area contributed by atoms with Crippen molar-refractivity contribution in [3.05, 3.63) is 23.3 Å². The lowest BCUT2D eigenvalue weighted by Crippen LogP contribution is -1.98. The molecule has 0 bridgehead atoms. The summed E-state index contributed by atoms with van der Waals surface area (Å²) in [5.41, 5.74) is 8.00. The Kier molecular flexibility index (Phi) is 2.55. The van der Waals surface area contributed by atoms with Crippen molar-refractivity contribution < 1.29 is 9.84 Å². The van der Waals surface area contributed by atoms with Crippen molar-refractivity contribution in [2.75, 3.05) is 12.8 Å². The Balaban J connectivity index is 3.24. The normalized spacial score (nSPS) is 9.92. The van der Waals surface area contributed by atoms with E-state index in [1.807, 2.05) is 19.1 Å². The van der Waals surface area contributed by atoms with E-state index in [0.29, 0.717) is 11.4 Å². The third-order valence-corrected chi connectivity index (χ3v) is 1.71. The predicted octanol–water partition coefficient (Wildman–Crippen LogP) is 1.08. The second kappa shape index (κ2) is 3.45. The first-order chi connectivity index (χ1) is 5.69. The molecule has 0 fully saturated rings. The number of anilines is 1. The molecule has 0 radical (unpaired) electrons. The van der Waals surface area contributed by atoms with E-state index >= 15 is 0 Å². The van der Waals surface area contributed by atoms with Crippen LogP contribution in [0.2, 0.25) is 0 Å². The molecule has 0 saturated carbocycles. The molecule has 0 unspecified atom stereocenters. The lowest BCUT2D eigenvalue weighted by Gasteiger charge is -2.09. The fourth-order valence-corrected chi connectivity index (χ4v) is 1.24. The summed E-state index contributed by atoms with van der Waals surface area (Å²) in [7, 11) is 1.54. The molecule has 3 N–H and O–H groups in total. The number of rotatable bonds is 2. The van der Waals surface area contributed by atoms with Crippen LogP contribution in [0.3, 0.4) is 0 Å². The lowest BCUT2D eigenvalue weighted by molar-refractivity contribution is 0.274. The number of ether oxygens (including phenoxy) is 1. The molecule has 1 aromatic carbocycles. The quantitative estimate of drug-likeness (QED) is 0.648. The van der Waals surface area contributed by atoms with Gasteiger partial charge in [-0.2, -0.15) is 0 Å². The first-order valence-electron chi connectivity index (χ1n) is 3.73. The molecular weight excluding hydrogens is 154 g/mol. The predicted molar refractivity (Wildman–Crippen MR) is 48.1 cm³/mol. The molecular formula is C9H13NO2. The van der Waals surface area contributed by atoms with Crippen LogP contribution in [-0.2, 0) is 6.61 Å². The van der Waals surface area contributed by atoms with E-state index in [2.05, 4.69) is 0 Å². The molecule has 0 atom stereocenters. The Bertz CT molecular complexity index is 284. The van der Waals surface area contributed by atoms with E-state index in [0.717, 1.165) is 11.1 Å². The molecule has 1 aromatic rings. The molecule has 0 aromatic heterocycles. The third-order valence-electron chi connectivity index (χ3n) is 1.71. The standard InChI is InChI=1S/C9H13NO2/c1-6-3-7(5-11)9(12-2)8(10)4-6/h3-4,11H,5,10H2,1-2H3. The van der Waals surface area contributed by atoms with E-state index in [9.17, 15) is 0 Å². The zero-order valence-corrected chi connectivity index (χ0v) is 7.29. The molecule has 1 rings (SSSR count). The number of aliphatic hydroxyl groups is 1. The molecule has 66 valence electrons. The van der Waals surface area contributed by atoms with Gasteiger partial charge >= 0.3 is 0 Å². The minimum absolute atomic E-state index is 0.0466. The number of aliphatic hydroxyl groups excluding tert-OH is 1. The first-order valence-corrected chi connectivity index (χ1v) is 3.73. The van der Waals surface area contributed by atoms with Gasteiger partial charge in [0.1, 0.15) is 5.75 Å². The first kappa shape index (κ1) is 8.87. The van der Waals surface area contributed by atoms with E-state index in [-0.39, 0.29) is 6.61 Å². The second-order valence-corrected chi connectivity index (χ2v) is 2.70. The number of methoxy groups -OCH3 is 1. The molecule has 0 aliphatic heterocycles. The smallest absolute Gasteiger partial charge is 0.147 e. The summed E-state index contributed by atoms with van der Waals surface area (Å²) in [4.78, 5) is 0. The van der Waals surface area contributed by atoms with Crippen molar-refractivity contribution >= 4 is 5.69 Å². The summed E-state index contributed by atoms with van der Waals surface area (Å²) in [6.07, 6.45) is 0. The summed E-state index contributed by atoms with van der Waals surface area (Å²) in [6.45, 7) is 1.88. The summed E-state index contributed by atoms with van der Waals surface area (Å²) in [5.74, 6) is 0.572. The molecule has 3 heteroatoms. The Morgan fingerprint density at radius 3 is 2.67 bits per heavy atom. The maximum atomic E-state index is 8.96. The molecule has 0 saturated heterocycles. The molecule has 3 nitrogen and oxygen atoms in total.